The van der Waals surface area contributed by atoms with Gasteiger partial charge in [-0.1, -0.05) is 57.2 Å². The molecular weight excluding hydrogens is 386 g/mol. The van der Waals surface area contributed by atoms with E-state index >= 15 is 0 Å². The van der Waals surface area contributed by atoms with E-state index in [0.29, 0.717) is 12.0 Å². The summed E-state index contributed by atoms with van der Waals surface area (Å²) in [6.45, 7) is 7.70. The molecule has 0 bridgehead atoms. The fourth-order valence-electron chi connectivity index (χ4n) is 3.14. The van der Waals surface area contributed by atoms with E-state index in [1.165, 1.54) is 18.6 Å². The van der Waals surface area contributed by atoms with Crippen LogP contribution in [0.25, 0.3) is 0 Å². The summed E-state index contributed by atoms with van der Waals surface area (Å²) < 4.78 is 26.2. The Labute approximate surface area is 176 Å². The first-order valence-electron chi connectivity index (χ1n) is 10.6. The molecule has 6 heteroatoms. The number of aliphatic carboxylic acids is 1. The largest absolute Gasteiger partial charge is 0.477 e. The Balaban J connectivity index is 3.26. The quantitative estimate of drug-likeness (QED) is 0.247. The minimum atomic E-state index is -4.10. The van der Waals surface area contributed by atoms with E-state index in [1.807, 2.05) is 18.7 Å². The molecule has 0 saturated heterocycles. The molecule has 0 aliphatic rings. The lowest BCUT2D eigenvalue weighted by Crippen LogP contribution is -2.17. The van der Waals surface area contributed by atoms with Crippen LogP contribution in [0.4, 0.5) is 0 Å². The maximum atomic E-state index is 13.1. The Kier molecular flexibility index (Phi) is 11.4. The fourth-order valence-corrected chi connectivity index (χ4v) is 4.64. The first-order chi connectivity index (χ1) is 13.9. The van der Waals surface area contributed by atoms with E-state index < -0.39 is 20.7 Å². The summed E-state index contributed by atoms with van der Waals surface area (Å²) in [5.41, 5.74) is 0.365. The van der Waals surface area contributed by atoms with Crippen molar-refractivity contribution < 1.29 is 18.3 Å². The summed E-state index contributed by atoms with van der Waals surface area (Å²) in [6, 6.07) is 7.79. The first kappa shape index (κ1) is 25.0. The highest BCUT2D eigenvalue weighted by Gasteiger charge is 2.29. The molecule has 0 amide bonds. The van der Waals surface area contributed by atoms with Crippen LogP contribution in [0.5, 0.6) is 0 Å². The Morgan fingerprint density at radius 1 is 0.966 bits per heavy atom. The molecule has 0 fully saturated rings. The number of unbranched alkanes of at least 4 members (excludes halogenated alkanes) is 5. The maximum absolute atomic E-state index is 13.1. The Morgan fingerprint density at radius 3 is 2.10 bits per heavy atom. The SMILES string of the molecule is CCCCCCCCC(C=CN(CC)CC)=C(C(=O)O)S(=O)(=O)c1ccccc1. The van der Waals surface area contributed by atoms with Gasteiger partial charge in [0.25, 0.3) is 0 Å². The van der Waals surface area contributed by atoms with Gasteiger partial charge in [-0.15, -0.1) is 0 Å². The molecule has 0 aromatic heterocycles. The summed E-state index contributed by atoms with van der Waals surface area (Å²) >= 11 is 0. The van der Waals surface area contributed by atoms with Gasteiger partial charge in [-0.25, -0.2) is 13.2 Å². The van der Waals surface area contributed by atoms with Gasteiger partial charge >= 0.3 is 5.97 Å². The molecule has 0 aliphatic carbocycles. The van der Waals surface area contributed by atoms with Crippen molar-refractivity contribution in [1.82, 2.24) is 4.90 Å². The molecule has 0 unspecified atom stereocenters. The highest BCUT2D eigenvalue weighted by molar-refractivity contribution is 7.96. The molecule has 0 saturated carbocycles. The third-order valence-corrected chi connectivity index (χ3v) is 6.77. The fraction of sp³-hybridized carbons (Fsp3) is 0.522. The number of hydrogen-bond donors (Lipinski definition) is 1. The molecule has 0 atom stereocenters. The molecule has 0 aliphatic heterocycles. The van der Waals surface area contributed by atoms with Gasteiger partial charge in [0.2, 0.25) is 9.84 Å². The lowest BCUT2D eigenvalue weighted by atomic mass is 10.0. The van der Waals surface area contributed by atoms with Crippen LogP contribution < -0.4 is 0 Å². The van der Waals surface area contributed by atoms with Crippen LogP contribution in [0.3, 0.4) is 0 Å². The monoisotopic (exact) mass is 421 g/mol. The van der Waals surface area contributed by atoms with Gasteiger partial charge in [0.15, 0.2) is 4.91 Å². The summed E-state index contributed by atoms with van der Waals surface area (Å²) in [6.07, 6.45) is 10.2. The van der Waals surface area contributed by atoms with Gasteiger partial charge in [-0.2, -0.15) is 0 Å². The van der Waals surface area contributed by atoms with Crippen LogP contribution in [-0.4, -0.2) is 37.5 Å². The van der Waals surface area contributed by atoms with E-state index in [1.54, 1.807) is 30.5 Å². The standard InChI is InChI=1S/C23H35NO4S/c1-4-7-8-9-10-12-15-20(18-19-24(5-2)6-3)22(23(25)26)29(27,28)21-16-13-11-14-17-21/h11,13-14,16-19H,4-10,12,15H2,1-3H3,(H,25,26). The average Bonchev–Trinajstić information content (AvgIpc) is 2.71. The van der Waals surface area contributed by atoms with Gasteiger partial charge in [0.1, 0.15) is 0 Å². The normalized spacial score (nSPS) is 12.8. The van der Waals surface area contributed by atoms with Crippen molar-refractivity contribution >= 4 is 15.8 Å². The number of allylic oxidation sites excluding steroid dienone is 2. The first-order valence-corrected chi connectivity index (χ1v) is 12.1. The second-order valence-corrected chi connectivity index (χ2v) is 8.92. The molecule has 1 rings (SSSR count). The molecular formula is C23H35NO4S. The molecule has 162 valence electrons. The molecule has 1 aromatic rings. The van der Waals surface area contributed by atoms with Crippen LogP contribution in [0.2, 0.25) is 0 Å². The van der Waals surface area contributed by atoms with Crippen LogP contribution in [0, 0.1) is 0 Å². The summed E-state index contributed by atoms with van der Waals surface area (Å²) in [5, 5.41) is 9.81. The van der Waals surface area contributed by atoms with Crippen molar-refractivity contribution in [2.45, 2.75) is 70.6 Å². The van der Waals surface area contributed by atoms with E-state index in [2.05, 4.69) is 6.92 Å². The molecule has 0 radical (unpaired) electrons. The molecule has 5 nitrogen and oxygen atoms in total. The predicted molar refractivity (Wildman–Crippen MR) is 118 cm³/mol. The smallest absolute Gasteiger partial charge is 0.348 e. The zero-order chi connectivity index (χ0) is 21.7. The zero-order valence-electron chi connectivity index (χ0n) is 17.9. The van der Waals surface area contributed by atoms with Gasteiger partial charge in [0, 0.05) is 13.1 Å². The van der Waals surface area contributed by atoms with Crippen molar-refractivity contribution in [3.05, 3.63) is 53.1 Å². The predicted octanol–water partition coefficient (Wildman–Crippen LogP) is 5.41. The molecule has 1 N–H and O–H groups in total. The number of sulfone groups is 1. The minimum absolute atomic E-state index is 0.00841. The maximum Gasteiger partial charge on any atom is 0.348 e. The second kappa shape index (κ2) is 13.2. The summed E-state index contributed by atoms with van der Waals surface area (Å²) in [5.74, 6) is -1.40. The van der Waals surface area contributed by atoms with Crippen molar-refractivity contribution in [3.63, 3.8) is 0 Å². The number of carboxylic acids is 1. The van der Waals surface area contributed by atoms with Gasteiger partial charge in [-0.3, -0.25) is 0 Å². The van der Waals surface area contributed by atoms with E-state index in [-0.39, 0.29) is 4.90 Å². The van der Waals surface area contributed by atoms with Crippen molar-refractivity contribution in [2.75, 3.05) is 13.1 Å². The number of rotatable bonds is 14. The van der Waals surface area contributed by atoms with E-state index in [0.717, 1.165) is 45.2 Å². The van der Waals surface area contributed by atoms with Gasteiger partial charge < -0.3 is 10.0 Å². The average molecular weight is 422 g/mol. The Hall–Kier alpha value is -2.08. The number of nitrogens with zero attached hydrogens (tertiary/aromatic N) is 1. The molecule has 0 heterocycles. The lowest BCUT2D eigenvalue weighted by molar-refractivity contribution is -0.131. The zero-order valence-corrected chi connectivity index (χ0v) is 18.7. The number of hydrogen-bond acceptors (Lipinski definition) is 4. The minimum Gasteiger partial charge on any atom is -0.477 e. The summed E-state index contributed by atoms with van der Waals surface area (Å²) in [7, 11) is -4.10. The third-order valence-electron chi connectivity index (χ3n) is 4.91. The third kappa shape index (κ3) is 8.05. The second-order valence-electron chi connectivity index (χ2n) is 7.03. The summed E-state index contributed by atoms with van der Waals surface area (Å²) in [4.78, 5) is 13.5. The highest BCUT2D eigenvalue weighted by atomic mass is 32.2. The van der Waals surface area contributed by atoms with Crippen molar-refractivity contribution in [3.8, 4) is 0 Å². The van der Waals surface area contributed by atoms with Crippen LogP contribution in [-0.2, 0) is 14.6 Å². The lowest BCUT2D eigenvalue weighted by Gasteiger charge is -2.16. The van der Waals surface area contributed by atoms with Crippen LogP contribution >= 0.6 is 0 Å². The van der Waals surface area contributed by atoms with Gasteiger partial charge in [0.05, 0.1) is 4.90 Å². The number of carbonyl (C=O) groups is 1. The molecule has 1 aromatic carbocycles. The molecule has 0 spiro atoms. The van der Waals surface area contributed by atoms with Crippen LogP contribution in [0.15, 0.2) is 58.0 Å². The Bertz CT molecular complexity index is 778. The topological polar surface area (TPSA) is 74.7 Å². The highest BCUT2D eigenvalue weighted by Crippen LogP contribution is 2.26. The number of benzene rings is 1. The van der Waals surface area contributed by atoms with E-state index in [4.69, 9.17) is 0 Å². The van der Waals surface area contributed by atoms with Gasteiger partial charge in [-0.05, 0) is 56.7 Å². The van der Waals surface area contributed by atoms with E-state index in [9.17, 15) is 18.3 Å². The Morgan fingerprint density at radius 2 is 1.55 bits per heavy atom. The molecule has 29 heavy (non-hydrogen) atoms. The van der Waals surface area contributed by atoms with Crippen molar-refractivity contribution in [1.29, 1.82) is 0 Å². The number of carboxylic acid groups (broad SMARTS) is 1. The van der Waals surface area contributed by atoms with Crippen molar-refractivity contribution in [2.24, 2.45) is 0 Å². The van der Waals surface area contributed by atoms with Crippen LogP contribution in [0.1, 0.15) is 65.7 Å².